The smallest absolute Gasteiger partial charge is 0.343 e. The summed E-state index contributed by atoms with van der Waals surface area (Å²) in [5.41, 5.74) is 2.24. The highest BCUT2D eigenvalue weighted by Gasteiger charge is 2.08. The van der Waals surface area contributed by atoms with Gasteiger partial charge in [0.2, 0.25) is 0 Å². The summed E-state index contributed by atoms with van der Waals surface area (Å²) >= 11 is 0. The third-order valence-electron chi connectivity index (χ3n) is 2.55. The van der Waals surface area contributed by atoms with Crippen molar-refractivity contribution < 1.29 is 14.6 Å². The lowest BCUT2D eigenvalue weighted by atomic mass is 10.1. The number of rotatable bonds is 3. The maximum atomic E-state index is 11.9. The highest BCUT2D eigenvalue weighted by molar-refractivity contribution is 5.91. The zero-order valence-corrected chi connectivity index (χ0v) is 10.1. The van der Waals surface area contributed by atoms with Gasteiger partial charge in [0, 0.05) is 0 Å². The van der Waals surface area contributed by atoms with Crippen molar-refractivity contribution in [1.82, 2.24) is 0 Å². The third kappa shape index (κ3) is 2.96. The number of aliphatic hydroxyl groups excluding tert-OH is 1. The number of esters is 1. The Balaban J connectivity index is 2.16. The van der Waals surface area contributed by atoms with Crippen molar-refractivity contribution in [2.24, 2.45) is 0 Å². The molecule has 1 N–H and O–H groups in total. The van der Waals surface area contributed by atoms with Gasteiger partial charge in [-0.05, 0) is 36.8 Å². The molecule has 0 heterocycles. The van der Waals surface area contributed by atoms with E-state index in [-0.39, 0.29) is 6.61 Å². The Morgan fingerprint density at radius 1 is 1.17 bits per heavy atom. The van der Waals surface area contributed by atoms with Gasteiger partial charge in [-0.25, -0.2) is 4.79 Å². The van der Waals surface area contributed by atoms with Gasteiger partial charge in [0.25, 0.3) is 0 Å². The van der Waals surface area contributed by atoms with Gasteiger partial charge in [-0.2, -0.15) is 0 Å². The molecule has 0 aliphatic carbocycles. The maximum absolute atomic E-state index is 11.9. The van der Waals surface area contributed by atoms with Gasteiger partial charge < -0.3 is 9.84 Å². The Kier molecular flexibility index (Phi) is 3.75. The summed E-state index contributed by atoms with van der Waals surface area (Å²) < 4.78 is 5.25. The van der Waals surface area contributed by atoms with Gasteiger partial charge in [-0.15, -0.1) is 0 Å². The van der Waals surface area contributed by atoms with E-state index >= 15 is 0 Å². The molecule has 18 heavy (non-hydrogen) atoms. The number of ether oxygens (including phenoxy) is 1. The quantitative estimate of drug-likeness (QED) is 0.665. The standard InChI is InChI=1S/C15H14O3/c1-11-4-2-6-13(8-11)15(17)18-14-7-3-5-12(9-14)10-16/h2-9,16H,10H2,1H3. The highest BCUT2D eigenvalue weighted by Crippen LogP contribution is 2.15. The summed E-state index contributed by atoms with van der Waals surface area (Å²) in [7, 11) is 0. The Morgan fingerprint density at radius 2 is 1.94 bits per heavy atom. The minimum atomic E-state index is -0.395. The van der Waals surface area contributed by atoms with Gasteiger partial charge in [0.05, 0.1) is 12.2 Å². The van der Waals surface area contributed by atoms with E-state index in [4.69, 9.17) is 9.84 Å². The zero-order valence-electron chi connectivity index (χ0n) is 10.1. The first-order valence-corrected chi connectivity index (χ1v) is 5.67. The molecule has 92 valence electrons. The number of carbonyl (C=O) groups is 1. The Morgan fingerprint density at radius 3 is 2.67 bits per heavy atom. The van der Waals surface area contributed by atoms with Crippen molar-refractivity contribution in [2.75, 3.05) is 0 Å². The van der Waals surface area contributed by atoms with Gasteiger partial charge in [-0.3, -0.25) is 0 Å². The van der Waals surface area contributed by atoms with Crippen molar-refractivity contribution in [3.8, 4) is 5.75 Å². The lowest BCUT2D eigenvalue weighted by molar-refractivity contribution is 0.0734. The summed E-state index contributed by atoms with van der Waals surface area (Å²) in [4.78, 5) is 11.9. The molecule has 0 unspecified atom stereocenters. The Hall–Kier alpha value is -2.13. The first kappa shape index (κ1) is 12.3. The molecule has 0 bridgehead atoms. The molecule has 2 aromatic rings. The molecule has 0 saturated carbocycles. The topological polar surface area (TPSA) is 46.5 Å². The molecular weight excluding hydrogens is 228 g/mol. The number of benzene rings is 2. The fraction of sp³-hybridized carbons (Fsp3) is 0.133. The lowest BCUT2D eigenvalue weighted by Gasteiger charge is -2.06. The van der Waals surface area contributed by atoms with Crippen LogP contribution in [0.2, 0.25) is 0 Å². The number of aryl methyl sites for hydroxylation is 1. The molecule has 0 atom stereocenters. The molecule has 0 aliphatic heterocycles. The fourth-order valence-corrected chi connectivity index (χ4v) is 1.65. The summed E-state index contributed by atoms with van der Waals surface area (Å²) in [5.74, 6) is 0.0434. The Labute approximate surface area is 106 Å². The summed E-state index contributed by atoms with van der Waals surface area (Å²) in [6.45, 7) is 1.85. The second-order valence-corrected chi connectivity index (χ2v) is 4.06. The van der Waals surface area contributed by atoms with Crippen LogP contribution in [0, 0.1) is 6.92 Å². The normalized spacial score (nSPS) is 10.1. The first-order chi connectivity index (χ1) is 8.69. The molecular formula is C15H14O3. The largest absolute Gasteiger partial charge is 0.423 e. The molecule has 0 spiro atoms. The van der Waals surface area contributed by atoms with E-state index in [1.165, 1.54) is 0 Å². The minimum Gasteiger partial charge on any atom is -0.423 e. The van der Waals surface area contributed by atoms with Gasteiger partial charge >= 0.3 is 5.97 Å². The molecule has 3 heteroatoms. The van der Waals surface area contributed by atoms with E-state index in [2.05, 4.69) is 0 Å². The third-order valence-corrected chi connectivity index (χ3v) is 2.55. The predicted molar refractivity (Wildman–Crippen MR) is 68.5 cm³/mol. The summed E-state index contributed by atoms with van der Waals surface area (Å²) in [6.07, 6.45) is 0. The molecule has 0 saturated heterocycles. The van der Waals surface area contributed by atoms with E-state index in [9.17, 15) is 4.79 Å². The van der Waals surface area contributed by atoms with Gasteiger partial charge in [-0.1, -0.05) is 29.8 Å². The molecule has 0 aromatic heterocycles. The minimum absolute atomic E-state index is 0.0736. The fourth-order valence-electron chi connectivity index (χ4n) is 1.65. The van der Waals surface area contributed by atoms with Gasteiger partial charge in [0.15, 0.2) is 0 Å². The van der Waals surface area contributed by atoms with Crippen LogP contribution in [0.25, 0.3) is 0 Å². The van der Waals surface area contributed by atoms with Crippen LogP contribution in [-0.4, -0.2) is 11.1 Å². The van der Waals surface area contributed by atoms with Crippen molar-refractivity contribution in [2.45, 2.75) is 13.5 Å². The number of carbonyl (C=O) groups excluding carboxylic acids is 1. The molecule has 3 nitrogen and oxygen atoms in total. The van der Waals surface area contributed by atoms with E-state index in [1.807, 2.05) is 19.1 Å². The molecule has 2 rings (SSSR count). The molecule has 2 aromatic carbocycles. The molecule has 0 amide bonds. The Bertz CT molecular complexity index is 561. The van der Waals surface area contributed by atoms with Crippen molar-refractivity contribution >= 4 is 5.97 Å². The summed E-state index contributed by atoms with van der Waals surface area (Å²) in [6, 6.07) is 14.1. The number of aliphatic hydroxyl groups is 1. The van der Waals surface area contributed by atoms with Crippen LogP contribution in [0.3, 0.4) is 0 Å². The predicted octanol–water partition coefficient (Wildman–Crippen LogP) is 2.71. The SMILES string of the molecule is Cc1cccc(C(=O)Oc2cccc(CO)c2)c1. The molecule has 0 radical (unpaired) electrons. The van der Waals surface area contributed by atoms with Crippen LogP contribution < -0.4 is 4.74 Å². The van der Waals surface area contributed by atoms with E-state index in [1.54, 1.807) is 36.4 Å². The van der Waals surface area contributed by atoms with Crippen LogP contribution in [-0.2, 0) is 6.61 Å². The zero-order chi connectivity index (χ0) is 13.0. The average Bonchev–Trinajstić information content (AvgIpc) is 2.39. The summed E-state index contributed by atoms with van der Waals surface area (Å²) in [5, 5.41) is 9.01. The van der Waals surface area contributed by atoms with Crippen LogP contribution in [0.5, 0.6) is 5.75 Å². The van der Waals surface area contributed by atoms with E-state index in [0.717, 1.165) is 5.56 Å². The maximum Gasteiger partial charge on any atom is 0.343 e. The second kappa shape index (κ2) is 5.47. The van der Waals surface area contributed by atoms with E-state index in [0.29, 0.717) is 16.9 Å². The van der Waals surface area contributed by atoms with Crippen LogP contribution in [0.15, 0.2) is 48.5 Å². The van der Waals surface area contributed by atoms with Gasteiger partial charge in [0.1, 0.15) is 5.75 Å². The van der Waals surface area contributed by atoms with Crippen molar-refractivity contribution in [3.05, 3.63) is 65.2 Å². The van der Waals surface area contributed by atoms with Crippen molar-refractivity contribution in [1.29, 1.82) is 0 Å². The van der Waals surface area contributed by atoms with Crippen LogP contribution >= 0.6 is 0 Å². The van der Waals surface area contributed by atoms with Crippen molar-refractivity contribution in [3.63, 3.8) is 0 Å². The number of hydrogen-bond donors (Lipinski definition) is 1. The number of hydrogen-bond acceptors (Lipinski definition) is 3. The molecule has 0 fully saturated rings. The van der Waals surface area contributed by atoms with Crippen LogP contribution in [0.4, 0.5) is 0 Å². The average molecular weight is 242 g/mol. The highest BCUT2D eigenvalue weighted by atomic mass is 16.5. The first-order valence-electron chi connectivity index (χ1n) is 5.67. The lowest BCUT2D eigenvalue weighted by Crippen LogP contribution is -2.08. The van der Waals surface area contributed by atoms with Crippen LogP contribution in [0.1, 0.15) is 21.5 Å². The van der Waals surface area contributed by atoms with E-state index < -0.39 is 5.97 Å². The molecule has 0 aliphatic rings. The second-order valence-electron chi connectivity index (χ2n) is 4.06. The monoisotopic (exact) mass is 242 g/mol.